The molecule has 0 atom stereocenters. The van der Waals surface area contributed by atoms with E-state index >= 15 is 0 Å². The van der Waals surface area contributed by atoms with E-state index in [9.17, 15) is 18.0 Å². The SMILES string of the molecule is COc1ccc(CCNC(=O)C(=O)N/N=C/c2ccc(CNS(=O)(=O)c3ccccc3)o2)cc1OC. The van der Waals surface area contributed by atoms with Gasteiger partial charge in [0.05, 0.1) is 31.9 Å². The molecule has 0 bridgehead atoms. The van der Waals surface area contributed by atoms with Crippen LogP contribution in [0.25, 0.3) is 0 Å². The Hall–Kier alpha value is -4.16. The van der Waals surface area contributed by atoms with Gasteiger partial charge >= 0.3 is 11.8 Å². The first-order chi connectivity index (χ1) is 17.3. The third-order valence-electron chi connectivity index (χ3n) is 4.88. The number of nitrogens with one attached hydrogen (secondary N) is 3. The van der Waals surface area contributed by atoms with Gasteiger partial charge in [-0.15, -0.1) is 0 Å². The predicted molar refractivity (Wildman–Crippen MR) is 131 cm³/mol. The summed E-state index contributed by atoms with van der Waals surface area (Å²) in [6, 6.07) is 16.4. The Bertz CT molecular complexity index is 1320. The summed E-state index contributed by atoms with van der Waals surface area (Å²) in [4.78, 5) is 24.0. The highest BCUT2D eigenvalue weighted by Crippen LogP contribution is 2.27. The highest BCUT2D eigenvalue weighted by molar-refractivity contribution is 7.89. The smallest absolute Gasteiger partial charge is 0.329 e. The first-order valence-electron chi connectivity index (χ1n) is 10.8. The normalized spacial score (nSPS) is 11.3. The first kappa shape index (κ1) is 26.4. The molecule has 3 rings (SSSR count). The largest absolute Gasteiger partial charge is 0.493 e. The van der Waals surface area contributed by atoms with Crippen molar-refractivity contribution in [2.45, 2.75) is 17.9 Å². The number of hydrazone groups is 1. The zero-order valence-corrected chi connectivity index (χ0v) is 20.5. The van der Waals surface area contributed by atoms with Crippen molar-refractivity contribution in [2.75, 3.05) is 20.8 Å². The Kier molecular flexibility index (Phi) is 9.19. The van der Waals surface area contributed by atoms with Crippen LogP contribution < -0.4 is 24.9 Å². The molecule has 12 heteroatoms. The van der Waals surface area contributed by atoms with Crippen molar-refractivity contribution in [3.05, 3.63) is 77.7 Å². The lowest BCUT2D eigenvalue weighted by Crippen LogP contribution is -2.38. The fourth-order valence-electron chi connectivity index (χ4n) is 3.05. The first-order valence-corrected chi connectivity index (χ1v) is 12.3. The van der Waals surface area contributed by atoms with Crippen LogP contribution in [0.5, 0.6) is 11.5 Å². The molecule has 1 heterocycles. The summed E-state index contributed by atoms with van der Waals surface area (Å²) in [5, 5.41) is 6.20. The number of hydrogen-bond acceptors (Lipinski definition) is 8. The average molecular weight is 515 g/mol. The van der Waals surface area contributed by atoms with Crippen molar-refractivity contribution in [1.29, 1.82) is 0 Å². The average Bonchev–Trinajstić information content (AvgIpc) is 3.35. The van der Waals surface area contributed by atoms with Crippen LogP contribution in [0.3, 0.4) is 0 Å². The van der Waals surface area contributed by atoms with Crippen molar-refractivity contribution in [2.24, 2.45) is 5.10 Å². The summed E-state index contributed by atoms with van der Waals surface area (Å²) in [5.41, 5.74) is 3.00. The van der Waals surface area contributed by atoms with Crippen LogP contribution in [0.2, 0.25) is 0 Å². The van der Waals surface area contributed by atoms with E-state index < -0.39 is 21.8 Å². The molecule has 0 aliphatic heterocycles. The van der Waals surface area contributed by atoms with Gasteiger partial charge in [0.15, 0.2) is 11.5 Å². The number of hydrogen-bond donors (Lipinski definition) is 3. The van der Waals surface area contributed by atoms with Gasteiger partial charge in [0.2, 0.25) is 10.0 Å². The standard InChI is InChI=1S/C24H26N4O7S/c1-33-21-11-8-17(14-22(21)34-2)12-13-25-23(29)24(30)28-26-15-18-9-10-19(35-18)16-27-36(31,32)20-6-4-3-5-7-20/h3-11,14-15,27H,12-13,16H2,1-2H3,(H,25,29)(H,28,30)/b26-15+. The molecule has 0 saturated heterocycles. The second-order valence-electron chi connectivity index (χ2n) is 7.34. The number of carbonyl (C=O) groups is 2. The van der Waals surface area contributed by atoms with Gasteiger partial charge in [-0.3, -0.25) is 9.59 Å². The van der Waals surface area contributed by atoms with Gasteiger partial charge in [-0.1, -0.05) is 24.3 Å². The molecule has 2 amide bonds. The second-order valence-corrected chi connectivity index (χ2v) is 9.10. The summed E-state index contributed by atoms with van der Waals surface area (Å²) in [5.74, 6) is -0.0138. The van der Waals surface area contributed by atoms with Crippen LogP contribution in [0.4, 0.5) is 0 Å². The van der Waals surface area contributed by atoms with Crippen LogP contribution in [-0.2, 0) is 32.6 Å². The van der Waals surface area contributed by atoms with Gasteiger partial charge in [-0.25, -0.2) is 18.6 Å². The minimum absolute atomic E-state index is 0.0695. The lowest BCUT2D eigenvalue weighted by Gasteiger charge is -2.09. The van der Waals surface area contributed by atoms with Gasteiger partial charge < -0.3 is 19.2 Å². The summed E-state index contributed by atoms with van der Waals surface area (Å²) in [6.07, 6.45) is 1.68. The van der Waals surface area contributed by atoms with E-state index in [0.29, 0.717) is 23.7 Å². The zero-order valence-electron chi connectivity index (χ0n) is 19.7. The van der Waals surface area contributed by atoms with Crippen molar-refractivity contribution in [1.82, 2.24) is 15.5 Å². The van der Waals surface area contributed by atoms with Crippen molar-refractivity contribution >= 4 is 28.1 Å². The number of rotatable bonds is 11. The third-order valence-corrected chi connectivity index (χ3v) is 6.30. The summed E-state index contributed by atoms with van der Waals surface area (Å²) >= 11 is 0. The molecule has 0 fully saturated rings. The highest BCUT2D eigenvalue weighted by Gasteiger charge is 2.14. The molecule has 190 valence electrons. The van der Waals surface area contributed by atoms with E-state index in [4.69, 9.17) is 13.9 Å². The van der Waals surface area contributed by atoms with Crippen LogP contribution in [0.1, 0.15) is 17.1 Å². The van der Waals surface area contributed by atoms with Crippen LogP contribution in [-0.4, -0.2) is 47.2 Å². The number of amides is 2. The molecule has 0 spiro atoms. The van der Waals surface area contributed by atoms with E-state index in [1.54, 1.807) is 49.6 Å². The van der Waals surface area contributed by atoms with Crippen LogP contribution in [0, 0.1) is 0 Å². The van der Waals surface area contributed by atoms with Gasteiger partial charge in [0.25, 0.3) is 0 Å². The molecule has 0 aliphatic rings. The van der Waals surface area contributed by atoms with Crippen molar-refractivity contribution < 1.29 is 31.9 Å². The molecule has 3 N–H and O–H groups in total. The highest BCUT2D eigenvalue weighted by atomic mass is 32.2. The van der Waals surface area contributed by atoms with Gasteiger partial charge in [0, 0.05) is 6.54 Å². The monoisotopic (exact) mass is 514 g/mol. The Morgan fingerprint density at radius 1 is 0.972 bits per heavy atom. The lowest BCUT2D eigenvalue weighted by atomic mass is 10.1. The van der Waals surface area contributed by atoms with Crippen LogP contribution >= 0.6 is 0 Å². The molecule has 0 unspecified atom stereocenters. The van der Waals surface area contributed by atoms with Crippen LogP contribution in [0.15, 0.2) is 75.1 Å². The van der Waals surface area contributed by atoms with E-state index in [1.165, 1.54) is 25.5 Å². The Balaban J connectivity index is 1.42. The van der Waals surface area contributed by atoms with Gasteiger partial charge in [0.1, 0.15) is 11.5 Å². The molecule has 1 aromatic heterocycles. The predicted octanol–water partition coefficient (Wildman–Crippen LogP) is 1.58. The molecular weight excluding hydrogens is 488 g/mol. The number of carbonyl (C=O) groups excluding carboxylic acids is 2. The summed E-state index contributed by atoms with van der Waals surface area (Å²) in [7, 11) is -0.601. The number of nitrogens with zero attached hydrogens (tertiary/aromatic N) is 1. The summed E-state index contributed by atoms with van der Waals surface area (Å²) < 4.78 is 42.8. The number of furan rings is 1. The minimum Gasteiger partial charge on any atom is -0.493 e. The maximum Gasteiger partial charge on any atom is 0.329 e. The quantitative estimate of drug-likeness (QED) is 0.200. The molecule has 0 radical (unpaired) electrons. The Morgan fingerprint density at radius 3 is 2.44 bits per heavy atom. The van der Waals surface area contributed by atoms with Crippen molar-refractivity contribution in [3.63, 3.8) is 0 Å². The molecule has 36 heavy (non-hydrogen) atoms. The fourth-order valence-corrected chi connectivity index (χ4v) is 4.06. The maximum absolute atomic E-state index is 12.3. The third kappa shape index (κ3) is 7.42. The molecule has 0 aliphatic carbocycles. The second kappa shape index (κ2) is 12.5. The number of methoxy groups -OCH3 is 2. The minimum atomic E-state index is -3.68. The molecule has 3 aromatic rings. The van der Waals surface area contributed by atoms with Crippen molar-refractivity contribution in [3.8, 4) is 11.5 Å². The van der Waals surface area contributed by atoms with E-state index in [1.807, 2.05) is 6.07 Å². The van der Waals surface area contributed by atoms with E-state index in [-0.39, 0.29) is 23.7 Å². The van der Waals surface area contributed by atoms with Gasteiger partial charge in [-0.05, 0) is 48.4 Å². The van der Waals surface area contributed by atoms with E-state index in [2.05, 4.69) is 20.6 Å². The summed E-state index contributed by atoms with van der Waals surface area (Å²) in [6.45, 7) is 0.159. The number of sulfonamides is 1. The number of benzene rings is 2. The maximum atomic E-state index is 12.3. The van der Waals surface area contributed by atoms with E-state index in [0.717, 1.165) is 5.56 Å². The Labute approximate surface area is 208 Å². The Morgan fingerprint density at radius 2 is 1.72 bits per heavy atom. The molecule has 2 aromatic carbocycles. The topological polar surface area (TPSA) is 148 Å². The van der Waals surface area contributed by atoms with Gasteiger partial charge in [-0.2, -0.15) is 5.10 Å². The lowest BCUT2D eigenvalue weighted by molar-refractivity contribution is -0.139. The molecule has 11 nitrogen and oxygen atoms in total. The molecule has 0 saturated carbocycles. The molecular formula is C24H26N4O7S. The zero-order chi connectivity index (χ0) is 26.0. The fraction of sp³-hybridized carbons (Fsp3) is 0.208. The number of ether oxygens (including phenoxy) is 2.